The third kappa shape index (κ3) is 3.42. The Balaban J connectivity index is 1.29. The monoisotopic (exact) mass is 453 g/mol. The average Bonchev–Trinajstić information content (AvgIpc) is 3.64. The predicted molar refractivity (Wildman–Crippen MR) is 127 cm³/mol. The summed E-state index contributed by atoms with van der Waals surface area (Å²) in [6, 6.07) is 14.0. The van der Waals surface area contributed by atoms with Gasteiger partial charge in [0.25, 0.3) is 0 Å². The van der Waals surface area contributed by atoms with E-state index in [2.05, 4.69) is 15.2 Å². The molecule has 0 aliphatic heterocycles. The van der Waals surface area contributed by atoms with Crippen molar-refractivity contribution in [1.82, 2.24) is 24.8 Å². The highest BCUT2D eigenvalue weighted by molar-refractivity contribution is 5.65. The topological polar surface area (TPSA) is 74.4 Å². The van der Waals surface area contributed by atoms with E-state index in [1.54, 1.807) is 6.20 Å². The summed E-state index contributed by atoms with van der Waals surface area (Å²) in [6.45, 7) is 1.08. The Kier molecular flexibility index (Phi) is 4.74. The first-order valence-electron chi connectivity index (χ1n) is 12.4. The number of fused-ring (bicyclic) bond motifs is 3. The maximum absolute atomic E-state index is 6.44. The van der Waals surface area contributed by atoms with Gasteiger partial charge >= 0.3 is 0 Å². The molecular formula is C27H27N5O2. The van der Waals surface area contributed by atoms with Gasteiger partial charge in [0.1, 0.15) is 18.1 Å². The lowest BCUT2D eigenvalue weighted by Crippen LogP contribution is -2.25. The largest absolute Gasteiger partial charge is 0.491 e. The molecule has 0 saturated heterocycles. The first kappa shape index (κ1) is 19.9. The number of benzene rings is 1. The Hall–Kier alpha value is -3.48. The maximum atomic E-state index is 6.44. The van der Waals surface area contributed by atoms with Crippen LogP contribution < -0.4 is 9.47 Å². The summed E-state index contributed by atoms with van der Waals surface area (Å²) < 4.78 is 14.4. The number of nitrogens with zero attached hydrogens (tertiary/aromatic N) is 5. The fourth-order valence-corrected chi connectivity index (χ4v) is 5.56. The molecule has 0 unspecified atom stereocenters. The van der Waals surface area contributed by atoms with Crippen molar-refractivity contribution >= 4 is 5.65 Å². The first-order valence-corrected chi connectivity index (χ1v) is 12.4. The van der Waals surface area contributed by atoms with Crippen molar-refractivity contribution in [1.29, 1.82) is 0 Å². The summed E-state index contributed by atoms with van der Waals surface area (Å²) in [5.41, 5.74) is 5.20. The lowest BCUT2D eigenvalue weighted by atomic mass is 9.67. The van der Waals surface area contributed by atoms with Gasteiger partial charge < -0.3 is 9.47 Å². The molecule has 2 bridgehead atoms. The molecule has 3 heterocycles. The molecule has 4 aliphatic rings. The molecule has 172 valence electrons. The quantitative estimate of drug-likeness (QED) is 0.378. The zero-order valence-electron chi connectivity index (χ0n) is 19.1. The minimum atomic E-state index is 0.325. The van der Waals surface area contributed by atoms with Gasteiger partial charge in [-0.05, 0) is 68.4 Å². The van der Waals surface area contributed by atoms with Crippen molar-refractivity contribution in [2.75, 3.05) is 6.61 Å². The molecular weight excluding hydrogens is 426 g/mol. The summed E-state index contributed by atoms with van der Waals surface area (Å²) in [7, 11) is 0. The Labute approximate surface area is 198 Å². The van der Waals surface area contributed by atoms with Crippen molar-refractivity contribution in [3.8, 4) is 23.0 Å². The van der Waals surface area contributed by atoms with Crippen LogP contribution in [-0.2, 0) is 6.61 Å². The molecule has 1 aromatic carbocycles. The van der Waals surface area contributed by atoms with E-state index in [1.807, 2.05) is 47.0 Å². The Morgan fingerprint density at radius 1 is 0.824 bits per heavy atom. The van der Waals surface area contributed by atoms with E-state index < -0.39 is 0 Å². The van der Waals surface area contributed by atoms with Crippen molar-refractivity contribution in [2.24, 2.45) is 5.92 Å². The van der Waals surface area contributed by atoms with Crippen molar-refractivity contribution in [2.45, 2.75) is 57.0 Å². The molecule has 2 saturated carbocycles. The molecule has 0 radical (unpaired) electrons. The molecule has 2 fully saturated rings. The molecule has 34 heavy (non-hydrogen) atoms. The minimum Gasteiger partial charge on any atom is -0.491 e. The van der Waals surface area contributed by atoms with E-state index in [4.69, 9.17) is 14.6 Å². The van der Waals surface area contributed by atoms with Gasteiger partial charge in [-0.15, -0.1) is 15.3 Å². The van der Waals surface area contributed by atoms with Gasteiger partial charge in [0.2, 0.25) is 5.88 Å². The van der Waals surface area contributed by atoms with Crippen LogP contribution in [0.3, 0.4) is 0 Å². The average molecular weight is 454 g/mol. The normalized spacial score (nSPS) is 20.9. The lowest BCUT2D eigenvalue weighted by Gasteiger charge is -2.38. The molecule has 4 aromatic rings. The number of hydrogen-bond donors (Lipinski definition) is 0. The van der Waals surface area contributed by atoms with Crippen molar-refractivity contribution in [3.63, 3.8) is 0 Å². The van der Waals surface area contributed by atoms with Gasteiger partial charge in [-0.25, -0.2) is 0 Å². The van der Waals surface area contributed by atoms with Crippen LogP contribution in [0.4, 0.5) is 0 Å². The number of ether oxygens (including phenoxy) is 2. The minimum absolute atomic E-state index is 0.325. The van der Waals surface area contributed by atoms with Crippen LogP contribution in [0.5, 0.6) is 11.6 Å². The van der Waals surface area contributed by atoms with Crippen molar-refractivity contribution < 1.29 is 9.47 Å². The van der Waals surface area contributed by atoms with Gasteiger partial charge in [-0.3, -0.25) is 4.98 Å². The molecule has 0 amide bonds. The summed E-state index contributed by atoms with van der Waals surface area (Å²) in [5, 5.41) is 14.1. The second-order valence-corrected chi connectivity index (χ2v) is 9.80. The fraction of sp³-hybridized carbons (Fsp3) is 0.407. The number of rotatable bonds is 7. The first-order chi connectivity index (χ1) is 16.8. The lowest BCUT2D eigenvalue weighted by molar-refractivity contribution is 0.248. The molecule has 8 rings (SSSR count). The van der Waals surface area contributed by atoms with E-state index in [0.29, 0.717) is 30.2 Å². The SMILES string of the molecule is c1ccc(-c2nnc3c4c(c(OCc5ncccc5OCC5CC5)nn23)C2CCC4CC2)cc1. The highest BCUT2D eigenvalue weighted by atomic mass is 16.5. The predicted octanol–water partition coefficient (Wildman–Crippen LogP) is 5.31. The van der Waals surface area contributed by atoms with E-state index >= 15 is 0 Å². The van der Waals surface area contributed by atoms with Gasteiger partial charge in [-0.1, -0.05) is 30.3 Å². The van der Waals surface area contributed by atoms with Crippen molar-refractivity contribution in [3.05, 3.63) is 65.5 Å². The summed E-state index contributed by atoms with van der Waals surface area (Å²) in [6.07, 6.45) is 9.08. The third-order valence-corrected chi connectivity index (χ3v) is 7.53. The van der Waals surface area contributed by atoms with Gasteiger partial charge in [0.05, 0.1) is 6.61 Å². The zero-order valence-corrected chi connectivity index (χ0v) is 19.1. The Morgan fingerprint density at radius 3 is 2.41 bits per heavy atom. The van der Waals surface area contributed by atoms with Crippen LogP contribution in [0.1, 0.15) is 67.2 Å². The standard InChI is InChI=1S/C27H27N5O2/c1-2-5-20(6-3-1)25-29-30-26-23-18-10-12-19(13-11-18)24(23)27(31-32(25)26)34-16-21-22(7-4-14-28-21)33-15-17-8-9-17/h1-7,14,17-19H,8-13,15-16H2. The smallest absolute Gasteiger partial charge is 0.236 e. The molecule has 7 heteroatoms. The van der Waals surface area contributed by atoms with Crippen LogP contribution in [0.15, 0.2) is 48.7 Å². The van der Waals surface area contributed by atoms with Crippen LogP contribution >= 0.6 is 0 Å². The molecule has 0 atom stereocenters. The summed E-state index contributed by atoms with van der Waals surface area (Å²) in [5.74, 6) is 3.89. The maximum Gasteiger partial charge on any atom is 0.236 e. The summed E-state index contributed by atoms with van der Waals surface area (Å²) >= 11 is 0. The molecule has 0 spiro atoms. The van der Waals surface area contributed by atoms with Crippen LogP contribution in [0.25, 0.3) is 17.0 Å². The van der Waals surface area contributed by atoms with E-state index in [9.17, 15) is 0 Å². The zero-order chi connectivity index (χ0) is 22.5. The van der Waals surface area contributed by atoms with Crippen LogP contribution in [0, 0.1) is 5.92 Å². The fourth-order valence-electron chi connectivity index (χ4n) is 5.56. The Bertz CT molecular complexity index is 1340. The Morgan fingerprint density at radius 2 is 1.62 bits per heavy atom. The third-order valence-electron chi connectivity index (χ3n) is 7.53. The van der Waals surface area contributed by atoms with Gasteiger partial charge in [0.15, 0.2) is 11.5 Å². The molecule has 4 aliphatic carbocycles. The highest BCUT2D eigenvalue weighted by Crippen LogP contribution is 2.53. The number of hydrogen-bond acceptors (Lipinski definition) is 6. The van der Waals surface area contributed by atoms with Crippen LogP contribution in [0.2, 0.25) is 0 Å². The number of aromatic nitrogens is 5. The van der Waals surface area contributed by atoms with E-state index in [0.717, 1.165) is 35.1 Å². The second kappa shape index (κ2) is 8.08. The summed E-state index contributed by atoms with van der Waals surface area (Å²) in [4.78, 5) is 4.56. The van der Waals surface area contributed by atoms with Crippen LogP contribution in [-0.4, -0.2) is 31.4 Å². The van der Waals surface area contributed by atoms with E-state index in [1.165, 1.54) is 49.7 Å². The van der Waals surface area contributed by atoms with E-state index in [-0.39, 0.29) is 0 Å². The number of pyridine rings is 1. The molecule has 3 aromatic heterocycles. The van der Waals surface area contributed by atoms with Gasteiger partial charge in [-0.2, -0.15) is 4.52 Å². The second-order valence-electron chi connectivity index (χ2n) is 9.80. The highest BCUT2D eigenvalue weighted by Gasteiger charge is 2.39. The molecule has 0 N–H and O–H groups in total. The van der Waals surface area contributed by atoms with Gasteiger partial charge in [0, 0.05) is 22.9 Å². The molecule has 7 nitrogen and oxygen atoms in total.